The molecule has 1 saturated heterocycles. The number of rotatable bonds is 1. The van der Waals surface area contributed by atoms with Crippen LogP contribution in [0.4, 0.5) is 0 Å². The van der Waals surface area contributed by atoms with Crippen molar-refractivity contribution >= 4 is 11.8 Å². The van der Waals surface area contributed by atoms with Crippen LogP contribution in [0.15, 0.2) is 11.6 Å². The van der Waals surface area contributed by atoms with Crippen molar-refractivity contribution in [3.63, 3.8) is 0 Å². The van der Waals surface area contributed by atoms with Crippen molar-refractivity contribution in [2.24, 2.45) is 50.2 Å². The second-order valence-corrected chi connectivity index (χ2v) is 15.2. The van der Waals surface area contributed by atoms with E-state index in [0.717, 1.165) is 38.5 Å². The van der Waals surface area contributed by atoms with Gasteiger partial charge in [0.05, 0.1) is 23.7 Å². The topological polar surface area (TPSA) is 83.8 Å². The number of allylic oxidation sites excluding steroid dienone is 2. The first-order chi connectivity index (χ1) is 16.1. The molecule has 5 fully saturated rings. The number of carbonyl (C=O) groups is 2. The molecule has 0 amide bonds. The molecular weight excluding hydrogens is 440 g/mol. The monoisotopic (exact) mass is 484 g/mol. The number of fused-ring (bicyclic) bond motifs is 7. The van der Waals surface area contributed by atoms with Crippen LogP contribution in [0.3, 0.4) is 0 Å². The molecule has 35 heavy (non-hydrogen) atoms. The molecule has 4 saturated carbocycles. The standard InChI is InChI=1S/C30H44O5/c1-25(2)19-8-11-29(6)23(26(19,3)10-9-20(25)32)18(31)12-16-17-13-28(5,24(33)34)21-14-27(17,4)22(35-21)15-30(16,29)7/h12,17,19-23,32H,8-11,13-15H2,1-7H3,(H,33,34). The second kappa shape index (κ2) is 6.62. The maximum Gasteiger partial charge on any atom is 0.312 e. The molecule has 0 spiro atoms. The quantitative estimate of drug-likeness (QED) is 0.521. The minimum atomic E-state index is -0.918. The predicted molar refractivity (Wildman–Crippen MR) is 132 cm³/mol. The van der Waals surface area contributed by atoms with Gasteiger partial charge in [0.1, 0.15) is 0 Å². The van der Waals surface area contributed by atoms with E-state index in [-0.39, 0.29) is 63.0 Å². The van der Waals surface area contributed by atoms with Crippen molar-refractivity contribution in [2.45, 2.75) is 112 Å². The molecular formula is C30H44O5. The lowest BCUT2D eigenvalue weighted by Gasteiger charge is -2.70. The predicted octanol–water partition coefficient (Wildman–Crippen LogP) is 5.40. The summed E-state index contributed by atoms with van der Waals surface area (Å²) >= 11 is 0. The smallest absolute Gasteiger partial charge is 0.312 e. The SMILES string of the molecule is CC1(C(=O)O)CC2C3=CC(=O)C4C5(C)CCC(O)C(C)(C)C5CCC4(C)C3(C)CC3OC1CC32C. The number of ketones is 1. The van der Waals surface area contributed by atoms with Gasteiger partial charge in [0.25, 0.3) is 0 Å². The van der Waals surface area contributed by atoms with Crippen LogP contribution in [0.5, 0.6) is 0 Å². The van der Waals surface area contributed by atoms with Crippen molar-refractivity contribution in [1.82, 2.24) is 0 Å². The summed E-state index contributed by atoms with van der Waals surface area (Å²) in [5.41, 5.74) is -0.570. The maximum atomic E-state index is 14.3. The molecule has 0 radical (unpaired) electrons. The van der Waals surface area contributed by atoms with Crippen LogP contribution in [0.2, 0.25) is 0 Å². The van der Waals surface area contributed by atoms with Crippen LogP contribution >= 0.6 is 0 Å². The summed E-state index contributed by atoms with van der Waals surface area (Å²) in [5.74, 6) is -0.241. The van der Waals surface area contributed by atoms with Crippen LogP contribution < -0.4 is 0 Å². The second-order valence-electron chi connectivity index (χ2n) is 15.2. The Morgan fingerprint density at radius 3 is 2.29 bits per heavy atom. The maximum absolute atomic E-state index is 14.3. The highest BCUT2D eigenvalue weighted by Gasteiger charge is 2.74. The van der Waals surface area contributed by atoms with E-state index >= 15 is 0 Å². The number of ether oxygens (including phenoxy) is 1. The average Bonchev–Trinajstić information content (AvgIpc) is 3.07. The Hall–Kier alpha value is -1.20. The number of hydrogen-bond acceptors (Lipinski definition) is 4. The Morgan fingerprint density at radius 1 is 0.943 bits per heavy atom. The molecule has 2 bridgehead atoms. The lowest BCUT2D eigenvalue weighted by atomic mass is 9.33. The van der Waals surface area contributed by atoms with Crippen LogP contribution in [-0.2, 0) is 14.3 Å². The number of aliphatic carboxylic acids is 1. The zero-order valence-corrected chi connectivity index (χ0v) is 22.6. The van der Waals surface area contributed by atoms with E-state index in [0.29, 0.717) is 12.3 Å². The average molecular weight is 485 g/mol. The molecule has 0 aromatic carbocycles. The summed E-state index contributed by atoms with van der Waals surface area (Å²) in [5, 5.41) is 21.1. The molecule has 6 aliphatic rings. The molecule has 0 aromatic heterocycles. The third kappa shape index (κ3) is 2.53. The molecule has 1 aliphatic heterocycles. The molecule has 11 unspecified atom stereocenters. The van der Waals surface area contributed by atoms with E-state index in [1.165, 1.54) is 5.57 Å². The molecule has 194 valence electrons. The normalized spacial score (nSPS) is 58.1. The lowest BCUT2D eigenvalue weighted by Crippen LogP contribution is -2.67. The molecule has 5 nitrogen and oxygen atoms in total. The molecule has 5 aliphatic carbocycles. The minimum absolute atomic E-state index is 0.0293. The van der Waals surface area contributed by atoms with Gasteiger partial charge in [0.2, 0.25) is 0 Å². The fourth-order valence-electron chi connectivity index (χ4n) is 11.0. The van der Waals surface area contributed by atoms with Crippen molar-refractivity contribution in [2.75, 3.05) is 0 Å². The van der Waals surface area contributed by atoms with Crippen LogP contribution in [-0.4, -0.2) is 40.3 Å². The molecule has 11 atom stereocenters. The van der Waals surface area contributed by atoms with Crippen molar-refractivity contribution < 1.29 is 24.5 Å². The largest absolute Gasteiger partial charge is 0.481 e. The highest BCUT2D eigenvalue weighted by Crippen LogP contribution is 2.76. The van der Waals surface area contributed by atoms with Gasteiger partial charge in [0.15, 0.2) is 5.78 Å². The molecule has 1 heterocycles. The zero-order chi connectivity index (χ0) is 25.6. The summed E-state index contributed by atoms with van der Waals surface area (Å²) < 4.78 is 6.65. The van der Waals surface area contributed by atoms with Gasteiger partial charge in [-0.15, -0.1) is 0 Å². The van der Waals surface area contributed by atoms with Crippen molar-refractivity contribution in [3.8, 4) is 0 Å². The van der Waals surface area contributed by atoms with Gasteiger partial charge < -0.3 is 14.9 Å². The fourth-order valence-corrected chi connectivity index (χ4v) is 11.0. The summed E-state index contributed by atoms with van der Waals surface area (Å²) in [6, 6.07) is 0. The Labute approximate surface area is 210 Å². The number of aliphatic hydroxyl groups is 1. The van der Waals surface area contributed by atoms with Gasteiger partial charge in [-0.25, -0.2) is 0 Å². The first-order valence-electron chi connectivity index (χ1n) is 13.9. The Bertz CT molecular complexity index is 1050. The highest BCUT2D eigenvalue weighted by molar-refractivity contribution is 5.95. The van der Waals surface area contributed by atoms with Crippen molar-refractivity contribution in [1.29, 1.82) is 0 Å². The summed E-state index contributed by atoms with van der Waals surface area (Å²) in [6.45, 7) is 15.6. The number of aliphatic hydroxyl groups excluding tert-OH is 1. The number of carboxylic acid groups (broad SMARTS) is 1. The van der Waals surface area contributed by atoms with E-state index in [9.17, 15) is 19.8 Å². The van der Waals surface area contributed by atoms with Crippen LogP contribution in [0.1, 0.15) is 93.4 Å². The Balaban J connectivity index is 1.50. The molecule has 5 heteroatoms. The van der Waals surface area contributed by atoms with Gasteiger partial charge >= 0.3 is 5.97 Å². The van der Waals surface area contributed by atoms with E-state index in [4.69, 9.17) is 4.74 Å². The van der Waals surface area contributed by atoms with Gasteiger partial charge in [-0.05, 0) is 91.4 Å². The number of carbonyl (C=O) groups excluding carboxylic acids is 1. The summed E-state index contributed by atoms with van der Waals surface area (Å²) in [4.78, 5) is 26.7. The zero-order valence-electron chi connectivity index (χ0n) is 22.6. The lowest BCUT2D eigenvalue weighted by molar-refractivity contribution is -0.205. The minimum Gasteiger partial charge on any atom is -0.481 e. The molecule has 6 rings (SSSR count). The third-order valence-corrected chi connectivity index (χ3v) is 13.5. The Kier molecular flexibility index (Phi) is 4.57. The third-order valence-electron chi connectivity index (χ3n) is 13.5. The number of hydrogen-bond donors (Lipinski definition) is 2. The highest BCUT2D eigenvalue weighted by atomic mass is 16.5. The first kappa shape index (κ1) is 24.2. The molecule has 2 N–H and O–H groups in total. The first-order valence-corrected chi connectivity index (χ1v) is 13.9. The van der Waals surface area contributed by atoms with E-state index in [1.807, 2.05) is 13.0 Å². The van der Waals surface area contributed by atoms with Crippen LogP contribution in [0, 0.1) is 50.2 Å². The van der Waals surface area contributed by atoms with E-state index in [2.05, 4.69) is 41.5 Å². The van der Waals surface area contributed by atoms with Gasteiger partial charge in [-0.2, -0.15) is 0 Å². The van der Waals surface area contributed by atoms with E-state index in [1.54, 1.807) is 0 Å². The van der Waals surface area contributed by atoms with Gasteiger partial charge in [-0.1, -0.05) is 47.1 Å². The van der Waals surface area contributed by atoms with Gasteiger partial charge in [0, 0.05) is 11.3 Å². The van der Waals surface area contributed by atoms with E-state index < -0.39 is 11.4 Å². The van der Waals surface area contributed by atoms with Gasteiger partial charge in [-0.3, -0.25) is 9.59 Å². The molecule has 0 aromatic rings. The summed E-state index contributed by atoms with van der Waals surface area (Å²) in [7, 11) is 0. The van der Waals surface area contributed by atoms with Crippen molar-refractivity contribution in [3.05, 3.63) is 11.6 Å². The number of carboxylic acids is 1. The fraction of sp³-hybridized carbons (Fsp3) is 0.867. The summed E-state index contributed by atoms with van der Waals surface area (Å²) in [6.07, 6.45) is 7.23. The van der Waals surface area contributed by atoms with Crippen LogP contribution in [0.25, 0.3) is 0 Å². The Morgan fingerprint density at radius 2 is 1.63 bits per heavy atom.